The summed E-state index contributed by atoms with van der Waals surface area (Å²) >= 11 is 1.92. The molecule has 0 unspecified atom stereocenters. The molecule has 2 nitrogen and oxygen atoms in total. The molecule has 0 aromatic carbocycles. The van der Waals surface area contributed by atoms with Crippen LogP contribution in [0.15, 0.2) is 12.1 Å². The van der Waals surface area contributed by atoms with E-state index in [-0.39, 0.29) is 0 Å². The fourth-order valence-corrected chi connectivity index (χ4v) is 3.02. The molecule has 0 radical (unpaired) electrons. The molecule has 3 heteroatoms. The zero-order valence-electron chi connectivity index (χ0n) is 8.54. The molecule has 1 aromatic heterocycles. The number of nitrogens with two attached hydrogens (primary N) is 1. The van der Waals surface area contributed by atoms with Crippen molar-refractivity contribution in [1.29, 1.82) is 0 Å². The quantitative estimate of drug-likeness (QED) is 0.821. The van der Waals surface area contributed by atoms with E-state index in [4.69, 9.17) is 5.73 Å². The molecule has 14 heavy (non-hydrogen) atoms. The minimum absolute atomic E-state index is 0.768. The molecule has 1 aliphatic rings. The van der Waals surface area contributed by atoms with E-state index < -0.39 is 0 Å². The van der Waals surface area contributed by atoms with Gasteiger partial charge in [0.25, 0.3) is 0 Å². The zero-order valence-corrected chi connectivity index (χ0v) is 9.35. The van der Waals surface area contributed by atoms with Crippen LogP contribution in [0.5, 0.6) is 0 Å². The summed E-state index contributed by atoms with van der Waals surface area (Å²) < 4.78 is 0. The summed E-state index contributed by atoms with van der Waals surface area (Å²) in [6.07, 6.45) is 3.78. The van der Waals surface area contributed by atoms with Crippen molar-refractivity contribution < 1.29 is 0 Å². The highest BCUT2D eigenvalue weighted by Crippen LogP contribution is 2.20. The number of rotatable bonds is 4. The second-order valence-corrected chi connectivity index (χ2v) is 5.14. The van der Waals surface area contributed by atoms with Gasteiger partial charge in [-0.2, -0.15) is 0 Å². The lowest BCUT2D eigenvalue weighted by Gasteiger charge is -2.12. The van der Waals surface area contributed by atoms with Gasteiger partial charge in [0.05, 0.1) is 0 Å². The third kappa shape index (κ3) is 2.56. The minimum Gasteiger partial charge on any atom is -0.330 e. The van der Waals surface area contributed by atoms with Crippen molar-refractivity contribution in [3.8, 4) is 0 Å². The molecule has 0 aliphatic carbocycles. The molecule has 2 rings (SSSR count). The maximum absolute atomic E-state index is 5.53. The van der Waals surface area contributed by atoms with Gasteiger partial charge in [-0.1, -0.05) is 0 Å². The summed E-state index contributed by atoms with van der Waals surface area (Å²) in [5.41, 5.74) is 5.53. The van der Waals surface area contributed by atoms with E-state index in [1.54, 1.807) is 0 Å². The van der Waals surface area contributed by atoms with Crippen LogP contribution in [-0.4, -0.2) is 24.5 Å². The second-order valence-electron chi connectivity index (χ2n) is 3.89. The Hall–Kier alpha value is -0.380. The van der Waals surface area contributed by atoms with E-state index in [1.165, 1.54) is 35.7 Å². The summed E-state index contributed by atoms with van der Waals surface area (Å²) in [4.78, 5) is 5.47. The van der Waals surface area contributed by atoms with E-state index in [0.717, 1.165) is 19.5 Å². The fourth-order valence-electron chi connectivity index (χ4n) is 1.95. The Labute approximate surface area is 89.7 Å². The Balaban J connectivity index is 1.88. The van der Waals surface area contributed by atoms with Crippen molar-refractivity contribution in [3.05, 3.63) is 21.9 Å². The van der Waals surface area contributed by atoms with Crippen LogP contribution in [0.1, 0.15) is 22.6 Å². The minimum atomic E-state index is 0.768. The fraction of sp³-hybridized carbons (Fsp3) is 0.636. The van der Waals surface area contributed by atoms with E-state index >= 15 is 0 Å². The highest BCUT2D eigenvalue weighted by atomic mass is 32.1. The number of thiophene rings is 1. The maximum atomic E-state index is 5.53. The molecular formula is C11H18N2S. The molecule has 1 aliphatic heterocycles. The Kier molecular flexibility index (Phi) is 3.56. The number of likely N-dealkylation sites (tertiary alicyclic amines) is 1. The molecule has 2 N–H and O–H groups in total. The van der Waals surface area contributed by atoms with Gasteiger partial charge in [0, 0.05) is 16.3 Å². The highest BCUT2D eigenvalue weighted by molar-refractivity contribution is 7.11. The average molecular weight is 210 g/mol. The Bertz CT molecular complexity index is 277. The van der Waals surface area contributed by atoms with E-state index in [1.807, 2.05) is 11.3 Å². The van der Waals surface area contributed by atoms with Gasteiger partial charge in [-0.15, -0.1) is 11.3 Å². The van der Waals surface area contributed by atoms with E-state index in [0.29, 0.717) is 0 Å². The number of nitrogens with zero attached hydrogens (tertiary/aromatic N) is 1. The van der Waals surface area contributed by atoms with E-state index in [2.05, 4.69) is 17.0 Å². The molecule has 0 atom stereocenters. The van der Waals surface area contributed by atoms with Crippen LogP contribution in [0.4, 0.5) is 0 Å². The summed E-state index contributed by atoms with van der Waals surface area (Å²) in [6.45, 7) is 4.48. The topological polar surface area (TPSA) is 29.3 Å². The molecule has 1 saturated heterocycles. The van der Waals surface area contributed by atoms with Crippen LogP contribution < -0.4 is 5.73 Å². The largest absolute Gasteiger partial charge is 0.330 e. The summed E-state index contributed by atoms with van der Waals surface area (Å²) in [5.74, 6) is 0. The standard InChI is InChI=1S/C11H18N2S/c12-6-5-10-3-4-11(14-10)9-13-7-1-2-8-13/h3-4H,1-2,5-9,12H2. The van der Waals surface area contributed by atoms with E-state index in [9.17, 15) is 0 Å². The van der Waals surface area contributed by atoms with Crippen molar-refractivity contribution in [1.82, 2.24) is 4.90 Å². The van der Waals surface area contributed by atoms with Gasteiger partial charge in [0.2, 0.25) is 0 Å². The lowest BCUT2D eigenvalue weighted by atomic mass is 10.3. The van der Waals surface area contributed by atoms with Gasteiger partial charge in [0.1, 0.15) is 0 Å². The van der Waals surface area contributed by atoms with Crippen molar-refractivity contribution in [2.24, 2.45) is 5.73 Å². The van der Waals surface area contributed by atoms with Gasteiger partial charge < -0.3 is 5.73 Å². The van der Waals surface area contributed by atoms with Crippen molar-refractivity contribution in [3.63, 3.8) is 0 Å². The number of hydrogen-bond donors (Lipinski definition) is 1. The van der Waals surface area contributed by atoms with Crippen LogP contribution in [-0.2, 0) is 13.0 Å². The summed E-state index contributed by atoms with van der Waals surface area (Å²) in [5, 5.41) is 0. The average Bonchev–Trinajstić information content (AvgIpc) is 2.79. The smallest absolute Gasteiger partial charge is 0.0328 e. The Morgan fingerprint density at radius 1 is 1.21 bits per heavy atom. The predicted octanol–water partition coefficient (Wildman–Crippen LogP) is 1.85. The van der Waals surface area contributed by atoms with Gasteiger partial charge in [-0.05, 0) is 51.0 Å². The molecule has 0 amide bonds. The van der Waals surface area contributed by atoms with Gasteiger partial charge >= 0.3 is 0 Å². The third-order valence-electron chi connectivity index (χ3n) is 2.69. The summed E-state index contributed by atoms with van der Waals surface area (Å²) in [6, 6.07) is 4.48. The van der Waals surface area contributed by atoms with Crippen LogP contribution in [0.3, 0.4) is 0 Å². The van der Waals surface area contributed by atoms with Crippen molar-refractivity contribution in [2.45, 2.75) is 25.8 Å². The first-order valence-electron chi connectivity index (χ1n) is 5.38. The van der Waals surface area contributed by atoms with Crippen LogP contribution >= 0.6 is 11.3 Å². The lowest BCUT2D eigenvalue weighted by Crippen LogP contribution is -2.17. The van der Waals surface area contributed by atoms with Crippen molar-refractivity contribution in [2.75, 3.05) is 19.6 Å². The first kappa shape index (κ1) is 10.1. The van der Waals surface area contributed by atoms with Gasteiger partial charge in [0.15, 0.2) is 0 Å². The zero-order chi connectivity index (χ0) is 9.80. The molecular weight excluding hydrogens is 192 g/mol. The SMILES string of the molecule is NCCc1ccc(CN2CCCC2)s1. The van der Waals surface area contributed by atoms with Crippen molar-refractivity contribution >= 4 is 11.3 Å². The maximum Gasteiger partial charge on any atom is 0.0328 e. The molecule has 1 fully saturated rings. The Morgan fingerprint density at radius 2 is 1.93 bits per heavy atom. The van der Waals surface area contributed by atoms with Crippen LogP contribution in [0.25, 0.3) is 0 Å². The highest BCUT2D eigenvalue weighted by Gasteiger charge is 2.12. The first-order chi connectivity index (χ1) is 6.88. The normalized spacial score (nSPS) is 17.8. The molecule has 0 spiro atoms. The monoisotopic (exact) mass is 210 g/mol. The summed E-state index contributed by atoms with van der Waals surface area (Å²) in [7, 11) is 0. The lowest BCUT2D eigenvalue weighted by molar-refractivity contribution is 0.334. The molecule has 2 heterocycles. The molecule has 78 valence electrons. The molecule has 0 bridgehead atoms. The van der Waals surface area contributed by atoms with Crippen LogP contribution in [0, 0.1) is 0 Å². The predicted molar refractivity (Wildman–Crippen MR) is 61.6 cm³/mol. The van der Waals surface area contributed by atoms with Crippen LogP contribution in [0.2, 0.25) is 0 Å². The van der Waals surface area contributed by atoms with Gasteiger partial charge in [-0.25, -0.2) is 0 Å². The molecule has 0 saturated carbocycles. The number of hydrogen-bond acceptors (Lipinski definition) is 3. The first-order valence-corrected chi connectivity index (χ1v) is 6.20. The third-order valence-corrected chi connectivity index (χ3v) is 3.82. The molecule has 1 aromatic rings. The second kappa shape index (κ2) is 4.91. The van der Waals surface area contributed by atoms with Gasteiger partial charge in [-0.3, -0.25) is 4.90 Å². The Morgan fingerprint density at radius 3 is 2.64 bits per heavy atom.